The number of piperazine rings is 1. The Balaban J connectivity index is 1.55. The van der Waals surface area contributed by atoms with Crippen molar-refractivity contribution < 1.29 is 9.53 Å². The van der Waals surface area contributed by atoms with E-state index >= 15 is 0 Å². The first-order valence-corrected chi connectivity index (χ1v) is 10.2. The summed E-state index contributed by atoms with van der Waals surface area (Å²) in [5.74, 6) is 0.0533. The predicted octanol–water partition coefficient (Wildman–Crippen LogP) is 3.70. The minimum absolute atomic E-state index is 0.00825. The van der Waals surface area contributed by atoms with Crippen LogP contribution in [0.1, 0.15) is 52.0 Å². The van der Waals surface area contributed by atoms with Gasteiger partial charge in [0.05, 0.1) is 5.92 Å². The Morgan fingerprint density at radius 1 is 1.04 bits per heavy atom. The second kappa shape index (κ2) is 8.53. The number of carbonyl (C=O) groups is 1. The first-order valence-electron chi connectivity index (χ1n) is 10.2. The molecule has 0 radical (unpaired) electrons. The fraction of sp³-hybridized carbons (Fsp3) is 0.682. The van der Waals surface area contributed by atoms with Crippen LogP contribution in [0.2, 0.25) is 0 Å². The van der Waals surface area contributed by atoms with Crippen LogP contribution in [0.25, 0.3) is 0 Å². The van der Waals surface area contributed by atoms with Crippen LogP contribution in [-0.4, -0.2) is 53.6 Å². The van der Waals surface area contributed by atoms with E-state index in [1.54, 1.807) is 0 Å². The molecule has 0 N–H and O–H groups in total. The van der Waals surface area contributed by atoms with Gasteiger partial charge in [-0.05, 0) is 39.2 Å². The largest absolute Gasteiger partial charge is 0.460 e. The third-order valence-electron chi connectivity index (χ3n) is 5.56. The van der Waals surface area contributed by atoms with Crippen LogP contribution in [0.4, 0.5) is 0 Å². The summed E-state index contributed by atoms with van der Waals surface area (Å²) in [6.07, 6.45) is 4.48. The Bertz CT molecular complexity index is 574. The molecule has 3 rings (SSSR count). The average molecular weight is 359 g/mol. The molecule has 144 valence electrons. The molecule has 1 aromatic rings. The molecule has 26 heavy (non-hydrogen) atoms. The molecule has 2 fully saturated rings. The molecule has 0 spiro atoms. The lowest BCUT2D eigenvalue weighted by molar-refractivity contribution is -0.164. The molecule has 2 aliphatic rings. The summed E-state index contributed by atoms with van der Waals surface area (Å²) in [6.45, 7) is 11.2. The van der Waals surface area contributed by atoms with Crippen molar-refractivity contribution in [3.05, 3.63) is 35.9 Å². The number of nitrogens with zero attached hydrogens (tertiary/aromatic N) is 2. The Morgan fingerprint density at radius 2 is 1.69 bits per heavy atom. The normalized spacial score (nSPS) is 25.8. The minimum Gasteiger partial charge on any atom is -0.460 e. The van der Waals surface area contributed by atoms with Gasteiger partial charge in [-0.3, -0.25) is 14.6 Å². The van der Waals surface area contributed by atoms with Crippen molar-refractivity contribution in [3.63, 3.8) is 0 Å². The van der Waals surface area contributed by atoms with Crippen molar-refractivity contribution in [1.29, 1.82) is 0 Å². The third kappa shape index (κ3) is 5.31. The fourth-order valence-corrected chi connectivity index (χ4v) is 4.30. The lowest BCUT2D eigenvalue weighted by Gasteiger charge is -2.43. The van der Waals surface area contributed by atoms with Gasteiger partial charge in [0.15, 0.2) is 0 Å². The molecule has 1 aromatic carbocycles. The Morgan fingerprint density at radius 3 is 2.35 bits per heavy atom. The van der Waals surface area contributed by atoms with Gasteiger partial charge in [-0.2, -0.15) is 0 Å². The second-order valence-electron chi connectivity index (χ2n) is 8.79. The number of benzene rings is 1. The van der Waals surface area contributed by atoms with Gasteiger partial charge in [-0.25, -0.2) is 0 Å². The van der Waals surface area contributed by atoms with E-state index in [2.05, 4.69) is 40.1 Å². The van der Waals surface area contributed by atoms with Crippen LogP contribution in [0.3, 0.4) is 0 Å². The molecule has 4 heteroatoms. The van der Waals surface area contributed by atoms with E-state index in [0.29, 0.717) is 6.04 Å². The number of rotatable bonds is 4. The van der Waals surface area contributed by atoms with Gasteiger partial charge >= 0.3 is 5.97 Å². The van der Waals surface area contributed by atoms with Crippen LogP contribution >= 0.6 is 0 Å². The lowest BCUT2D eigenvalue weighted by Crippen LogP contribution is -2.54. The summed E-state index contributed by atoms with van der Waals surface area (Å²) in [5, 5.41) is 0. The molecular weight excluding hydrogens is 324 g/mol. The first-order chi connectivity index (χ1) is 12.4. The van der Waals surface area contributed by atoms with Crippen LogP contribution in [0.15, 0.2) is 30.3 Å². The Hall–Kier alpha value is -1.39. The summed E-state index contributed by atoms with van der Waals surface area (Å²) in [7, 11) is 0. The molecule has 1 aliphatic heterocycles. The van der Waals surface area contributed by atoms with Crippen molar-refractivity contribution in [2.45, 2.75) is 64.6 Å². The molecule has 1 saturated carbocycles. The zero-order valence-corrected chi connectivity index (χ0v) is 16.6. The number of ether oxygens (including phenoxy) is 1. The van der Waals surface area contributed by atoms with Gasteiger partial charge in [-0.1, -0.05) is 43.2 Å². The zero-order valence-electron chi connectivity index (χ0n) is 16.6. The molecule has 4 nitrogen and oxygen atoms in total. The summed E-state index contributed by atoms with van der Waals surface area (Å²) in [6, 6.07) is 11.1. The number of hydrogen-bond donors (Lipinski definition) is 0. The molecule has 0 bridgehead atoms. The van der Waals surface area contributed by atoms with Gasteiger partial charge in [0.25, 0.3) is 0 Å². The quantitative estimate of drug-likeness (QED) is 0.768. The van der Waals surface area contributed by atoms with Crippen LogP contribution in [0, 0.1) is 5.92 Å². The van der Waals surface area contributed by atoms with E-state index in [4.69, 9.17) is 4.74 Å². The molecule has 1 heterocycles. The van der Waals surface area contributed by atoms with Crippen LogP contribution in [-0.2, 0) is 16.1 Å². The van der Waals surface area contributed by atoms with Crippen molar-refractivity contribution in [1.82, 2.24) is 9.80 Å². The molecule has 0 amide bonds. The van der Waals surface area contributed by atoms with Gasteiger partial charge in [0.1, 0.15) is 5.60 Å². The maximum Gasteiger partial charge on any atom is 0.311 e. The summed E-state index contributed by atoms with van der Waals surface area (Å²) < 4.78 is 5.72. The average Bonchev–Trinajstić information content (AvgIpc) is 2.62. The van der Waals surface area contributed by atoms with E-state index < -0.39 is 5.60 Å². The summed E-state index contributed by atoms with van der Waals surface area (Å²) in [4.78, 5) is 17.8. The first kappa shape index (κ1) is 19.4. The molecular formula is C22H34N2O2. The Labute approximate surface area is 158 Å². The van der Waals surface area contributed by atoms with Gasteiger partial charge in [0, 0.05) is 38.8 Å². The van der Waals surface area contributed by atoms with Gasteiger partial charge in [-0.15, -0.1) is 0 Å². The summed E-state index contributed by atoms with van der Waals surface area (Å²) >= 11 is 0. The highest BCUT2D eigenvalue weighted by atomic mass is 16.6. The second-order valence-corrected chi connectivity index (χ2v) is 8.79. The molecule has 2 atom stereocenters. The van der Waals surface area contributed by atoms with Crippen LogP contribution in [0.5, 0.6) is 0 Å². The maximum absolute atomic E-state index is 12.7. The van der Waals surface area contributed by atoms with Gasteiger partial charge < -0.3 is 4.74 Å². The monoisotopic (exact) mass is 358 g/mol. The number of esters is 1. The van der Waals surface area contributed by atoms with E-state index in [9.17, 15) is 4.79 Å². The zero-order chi connectivity index (χ0) is 18.6. The molecule has 1 saturated heterocycles. The topological polar surface area (TPSA) is 32.8 Å². The van der Waals surface area contributed by atoms with E-state index in [1.807, 2.05) is 20.8 Å². The van der Waals surface area contributed by atoms with E-state index in [-0.39, 0.29) is 11.9 Å². The van der Waals surface area contributed by atoms with E-state index in [0.717, 1.165) is 52.0 Å². The molecule has 0 aromatic heterocycles. The highest BCUT2D eigenvalue weighted by molar-refractivity contribution is 5.74. The third-order valence-corrected chi connectivity index (χ3v) is 5.56. The molecule has 1 aliphatic carbocycles. The SMILES string of the molecule is CC(C)(C)OC(=O)C1CCCC[C@H]1N1CCN(Cc2ccccc2)CC1. The standard InChI is InChI=1S/C22H34N2O2/c1-22(2,3)26-21(25)19-11-7-8-12-20(19)24-15-13-23(14-16-24)17-18-9-5-4-6-10-18/h4-6,9-10,19-20H,7-8,11-17H2,1-3H3/t19?,20-/m1/s1. The van der Waals surface area contributed by atoms with E-state index in [1.165, 1.54) is 12.0 Å². The van der Waals surface area contributed by atoms with Crippen molar-refractivity contribution in [2.24, 2.45) is 5.92 Å². The van der Waals surface area contributed by atoms with Crippen molar-refractivity contribution >= 4 is 5.97 Å². The Kier molecular flexibility index (Phi) is 6.36. The lowest BCUT2D eigenvalue weighted by atomic mass is 9.83. The minimum atomic E-state index is -0.395. The fourth-order valence-electron chi connectivity index (χ4n) is 4.30. The highest BCUT2D eigenvalue weighted by Crippen LogP contribution is 2.31. The molecule has 1 unspecified atom stereocenters. The summed E-state index contributed by atoms with van der Waals surface area (Å²) in [5.41, 5.74) is 0.984. The van der Waals surface area contributed by atoms with Gasteiger partial charge in [0.2, 0.25) is 0 Å². The van der Waals surface area contributed by atoms with Crippen LogP contribution < -0.4 is 0 Å². The van der Waals surface area contributed by atoms with Crippen molar-refractivity contribution in [2.75, 3.05) is 26.2 Å². The maximum atomic E-state index is 12.7. The number of carbonyl (C=O) groups excluding carboxylic acids is 1. The number of hydrogen-bond acceptors (Lipinski definition) is 4. The highest BCUT2D eigenvalue weighted by Gasteiger charge is 2.38. The van der Waals surface area contributed by atoms with Crippen molar-refractivity contribution in [3.8, 4) is 0 Å². The smallest absolute Gasteiger partial charge is 0.311 e. The predicted molar refractivity (Wildman–Crippen MR) is 105 cm³/mol.